The maximum Gasteiger partial charge on any atom is 0.328 e. The summed E-state index contributed by atoms with van der Waals surface area (Å²) >= 11 is 0. The van der Waals surface area contributed by atoms with Gasteiger partial charge in [-0.2, -0.15) is 0 Å². The van der Waals surface area contributed by atoms with Crippen LogP contribution in [0.3, 0.4) is 0 Å². The van der Waals surface area contributed by atoms with Crippen molar-refractivity contribution >= 4 is 39.7 Å². The first kappa shape index (κ1) is 41.6. The molecule has 5 rings (SSSR count). The Labute approximate surface area is 316 Å². The maximum atomic E-state index is 13.7. The molecule has 6 N–H and O–H groups in total. The van der Waals surface area contributed by atoms with Crippen LogP contribution in [0.4, 0.5) is 0 Å². The number of benzene rings is 2. The monoisotopic (exact) mass is 768 g/mol. The summed E-state index contributed by atoms with van der Waals surface area (Å²) in [6.07, 6.45) is 5.20. The summed E-state index contributed by atoms with van der Waals surface area (Å²) in [6, 6.07) is 3.77. The maximum absolute atomic E-state index is 13.7. The molecule has 294 valence electrons. The topological polar surface area (TPSA) is 217 Å². The number of nitrogens with zero attached hydrogens (tertiary/aromatic N) is 1. The summed E-state index contributed by atoms with van der Waals surface area (Å²) in [6.45, 7) is 10.8. The highest BCUT2D eigenvalue weighted by Crippen LogP contribution is 2.42. The predicted octanol–water partition coefficient (Wildman–Crippen LogP) is 2.32. The minimum Gasteiger partial charge on any atom is -0.490 e. The number of esters is 1. The predicted molar refractivity (Wildman–Crippen MR) is 203 cm³/mol. The second-order valence-corrected chi connectivity index (χ2v) is 15.8. The highest BCUT2D eigenvalue weighted by atomic mass is 32.2. The summed E-state index contributed by atoms with van der Waals surface area (Å²) < 4.78 is 46.6. The Morgan fingerprint density at radius 1 is 1.04 bits per heavy atom. The largest absolute Gasteiger partial charge is 0.490 e. The van der Waals surface area contributed by atoms with Crippen LogP contribution < -0.4 is 35.9 Å². The zero-order valence-corrected chi connectivity index (χ0v) is 32.8. The van der Waals surface area contributed by atoms with Crippen molar-refractivity contribution < 1.29 is 41.8 Å². The summed E-state index contributed by atoms with van der Waals surface area (Å²) in [5.74, 6) is -1.48. The van der Waals surface area contributed by atoms with Crippen LogP contribution in [-0.2, 0) is 46.8 Å². The van der Waals surface area contributed by atoms with Gasteiger partial charge in [-0.1, -0.05) is 24.3 Å². The minimum absolute atomic E-state index is 0.0112. The number of hydrogen-bond donors (Lipinski definition) is 5. The van der Waals surface area contributed by atoms with Crippen LogP contribution in [0.2, 0.25) is 0 Å². The number of sulfonamides is 1. The molecular weight excluding hydrogens is 717 g/mol. The third-order valence-electron chi connectivity index (χ3n) is 9.48. The average Bonchev–Trinajstić information content (AvgIpc) is 3.10. The lowest BCUT2D eigenvalue weighted by molar-refractivity contribution is -0.145. The first-order valence-electron chi connectivity index (χ1n) is 17.9. The molecule has 0 aliphatic carbocycles. The summed E-state index contributed by atoms with van der Waals surface area (Å²) in [4.78, 5) is 56.2. The molecule has 3 amide bonds. The number of rotatable bonds is 8. The molecule has 3 aliphatic rings. The van der Waals surface area contributed by atoms with E-state index in [1.807, 2.05) is 20.8 Å². The number of nitrogens with two attached hydrogens (primary N) is 1. The third kappa shape index (κ3) is 10.7. The van der Waals surface area contributed by atoms with Crippen molar-refractivity contribution in [1.29, 1.82) is 0 Å². The second-order valence-electron chi connectivity index (χ2n) is 14.2. The SMILES string of the molecule is COC(=O)[C@H]1C/C=C\COc2ccc(cc2)C[C@H](NC(C)=O)C(=O)N[C@@H](CCCN=C(N)NS(=O)(=O)c2c(C)c(C)c3c(c2C)CCC(C)(C)O3)C(=O)N1. The Morgan fingerprint density at radius 2 is 1.74 bits per heavy atom. The van der Waals surface area contributed by atoms with Crippen molar-refractivity contribution in [2.45, 2.75) is 109 Å². The number of hydrogen-bond acceptors (Lipinski definition) is 10. The molecule has 15 nitrogen and oxygen atoms in total. The highest BCUT2D eigenvalue weighted by Gasteiger charge is 2.34. The zero-order valence-electron chi connectivity index (χ0n) is 32.0. The quantitative estimate of drug-likeness (QED) is 0.0869. The van der Waals surface area contributed by atoms with Crippen molar-refractivity contribution in [3.05, 3.63) is 64.2 Å². The van der Waals surface area contributed by atoms with Gasteiger partial charge in [0.1, 0.15) is 41.8 Å². The van der Waals surface area contributed by atoms with Crippen molar-refractivity contribution in [1.82, 2.24) is 20.7 Å². The van der Waals surface area contributed by atoms with E-state index in [4.69, 9.17) is 19.9 Å². The molecular formula is C38H52N6O9S. The molecule has 16 heteroatoms. The van der Waals surface area contributed by atoms with Crippen molar-refractivity contribution in [3.8, 4) is 11.5 Å². The van der Waals surface area contributed by atoms with E-state index in [2.05, 4.69) is 25.7 Å². The van der Waals surface area contributed by atoms with Crippen LogP contribution >= 0.6 is 0 Å². The van der Waals surface area contributed by atoms with Gasteiger partial charge in [-0.25, -0.2) is 17.9 Å². The van der Waals surface area contributed by atoms with Gasteiger partial charge in [-0.15, -0.1) is 0 Å². The Morgan fingerprint density at radius 3 is 2.41 bits per heavy atom. The van der Waals surface area contributed by atoms with Gasteiger partial charge in [0, 0.05) is 19.9 Å². The number of carbonyl (C=O) groups excluding carboxylic acids is 4. The Hall–Kier alpha value is -5.12. The van der Waals surface area contributed by atoms with Crippen LogP contribution in [0.5, 0.6) is 11.5 Å². The number of fused-ring (bicyclic) bond motifs is 14. The molecule has 0 spiro atoms. The van der Waals surface area contributed by atoms with Crippen molar-refractivity contribution in [2.75, 3.05) is 20.3 Å². The van der Waals surface area contributed by atoms with Gasteiger partial charge in [0.25, 0.3) is 10.0 Å². The van der Waals surface area contributed by atoms with Gasteiger partial charge >= 0.3 is 5.97 Å². The molecule has 3 aliphatic heterocycles. The third-order valence-corrected chi connectivity index (χ3v) is 11.1. The fourth-order valence-corrected chi connectivity index (χ4v) is 8.02. The minimum atomic E-state index is -4.14. The van der Waals surface area contributed by atoms with Crippen LogP contribution in [0.25, 0.3) is 0 Å². The lowest BCUT2D eigenvalue weighted by atomic mass is 9.88. The fourth-order valence-electron chi connectivity index (χ4n) is 6.49. The van der Waals surface area contributed by atoms with Crippen LogP contribution in [0.15, 0.2) is 46.3 Å². The van der Waals surface area contributed by atoms with Gasteiger partial charge in [-0.3, -0.25) is 19.4 Å². The first-order valence-corrected chi connectivity index (χ1v) is 19.4. The Bertz CT molecular complexity index is 1910. The average molecular weight is 769 g/mol. The molecule has 54 heavy (non-hydrogen) atoms. The van der Waals surface area contributed by atoms with E-state index in [-0.39, 0.29) is 55.3 Å². The van der Waals surface area contributed by atoms with E-state index in [1.54, 1.807) is 50.3 Å². The number of guanidine groups is 1. The normalized spacial score (nSPS) is 21.2. The van der Waals surface area contributed by atoms with Gasteiger partial charge < -0.3 is 35.9 Å². The number of amides is 3. The Kier molecular flexibility index (Phi) is 13.7. The van der Waals surface area contributed by atoms with E-state index in [0.717, 1.165) is 23.1 Å². The van der Waals surface area contributed by atoms with Gasteiger partial charge in [0.15, 0.2) is 0 Å². The summed E-state index contributed by atoms with van der Waals surface area (Å²) in [7, 11) is -2.94. The van der Waals surface area contributed by atoms with E-state index in [1.165, 1.54) is 14.0 Å². The smallest absolute Gasteiger partial charge is 0.328 e. The van der Waals surface area contributed by atoms with Gasteiger partial charge in [-0.05, 0) is 107 Å². The number of ether oxygens (including phenoxy) is 3. The zero-order chi connectivity index (χ0) is 39.8. The number of aliphatic imine (C=N–C) groups is 1. The molecule has 0 radical (unpaired) electrons. The molecule has 0 saturated heterocycles. The standard InChI is InChI=1S/C38H52N6O9S/c1-22-23(2)33(24(3)28-17-18-38(5,6)53-32(22)28)54(49,50)44-37(39)40-19-10-12-29-34(46)43-30(36(48)51-7)11-8-9-20-52-27-15-13-26(14-16-27)21-31(35(47)42-29)41-25(4)45/h8-9,13-16,29-31H,10-12,17-21H2,1-7H3,(H,41,45)(H,42,47)(H,43,46)(H3,39,40,44)/b9-8-/t29-,30+,31-/m0/s1. The molecule has 0 saturated carbocycles. The fraction of sp³-hybridized carbons (Fsp3) is 0.500. The summed E-state index contributed by atoms with van der Waals surface area (Å²) in [5.41, 5.74) is 9.17. The Balaban J connectivity index is 1.53. The van der Waals surface area contributed by atoms with Gasteiger partial charge in [0.2, 0.25) is 23.7 Å². The molecule has 3 atom stereocenters. The van der Waals surface area contributed by atoms with Crippen LogP contribution in [0.1, 0.15) is 74.3 Å². The molecule has 2 bridgehead atoms. The van der Waals surface area contributed by atoms with E-state index in [0.29, 0.717) is 29.0 Å². The van der Waals surface area contributed by atoms with E-state index in [9.17, 15) is 27.6 Å². The molecule has 0 fully saturated rings. The molecule has 3 heterocycles. The molecule has 0 unspecified atom stereocenters. The second kappa shape index (κ2) is 17.8. The molecule has 2 aromatic rings. The van der Waals surface area contributed by atoms with Crippen LogP contribution in [0, 0.1) is 20.8 Å². The number of nitrogens with one attached hydrogen (secondary N) is 4. The summed E-state index contributed by atoms with van der Waals surface area (Å²) in [5, 5.41) is 8.01. The molecule has 0 aromatic heterocycles. The number of carbonyl (C=O) groups is 4. The van der Waals surface area contributed by atoms with E-state index < -0.39 is 51.8 Å². The lowest BCUT2D eigenvalue weighted by Crippen LogP contribution is -2.56. The molecule has 2 aromatic carbocycles. The van der Waals surface area contributed by atoms with Gasteiger partial charge in [0.05, 0.1) is 12.0 Å². The van der Waals surface area contributed by atoms with Crippen molar-refractivity contribution in [3.63, 3.8) is 0 Å². The highest BCUT2D eigenvalue weighted by molar-refractivity contribution is 7.90. The van der Waals surface area contributed by atoms with Crippen LogP contribution in [-0.4, -0.2) is 82.1 Å². The number of methoxy groups -OCH3 is 1. The lowest BCUT2D eigenvalue weighted by Gasteiger charge is -2.35. The van der Waals surface area contributed by atoms with E-state index >= 15 is 0 Å². The first-order chi connectivity index (χ1) is 25.4. The van der Waals surface area contributed by atoms with Crippen molar-refractivity contribution in [2.24, 2.45) is 10.7 Å².